The number of ether oxygens (including phenoxy) is 1. The Hall–Kier alpha value is -0.630. The van der Waals surface area contributed by atoms with Gasteiger partial charge in [-0.05, 0) is 34.1 Å². The first kappa shape index (κ1) is 14.8. The van der Waals surface area contributed by atoms with Gasteiger partial charge in [-0.15, -0.1) is 0 Å². The molecular weight excluding hydrogens is 419 g/mol. The van der Waals surface area contributed by atoms with E-state index in [1.807, 2.05) is 18.2 Å². The van der Waals surface area contributed by atoms with Crippen molar-refractivity contribution in [2.45, 2.75) is 0 Å². The Labute approximate surface area is 135 Å². The first-order chi connectivity index (χ1) is 9.01. The predicted octanol–water partition coefficient (Wildman–Crippen LogP) is 4.85. The van der Waals surface area contributed by atoms with Crippen LogP contribution in [0.25, 0.3) is 0 Å². The molecule has 0 aliphatic rings. The summed E-state index contributed by atoms with van der Waals surface area (Å²) in [4.78, 5) is 15.8. The third kappa shape index (κ3) is 3.47. The van der Waals surface area contributed by atoms with Gasteiger partial charge in [0.25, 0.3) is 0 Å². The molecule has 0 fully saturated rings. The summed E-state index contributed by atoms with van der Waals surface area (Å²) in [6, 6.07) is 5.68. The molecule has 8 heteroatoms. The van der Waals surface area contributed by atoms with Crippen LogP contribution < -0.4 is 5.32 Å². The Kier molecular flexibility index (Phi) is 4.83. The highest BCUT2D eigenvalue weighted by molar-refractivity contribution is 9.11. The fraction of sp³-hybridized carbons (Fsp3) is 0.0909. The summed E-state index contributed by atoms with van der Waals surface area (Å²) in [6.45, 7) is 0. The Bertz CT molecular complexity index is 633. The van der Waals surface area contributed by atoms with Gasteiger partial charge in [0.2, 0.25) is 0 Å². The lowest BCUT2D eigenvalue weighted by atomic mass is 10.3. The van der Waals surface area contributed by atoms with Crippen LogP contribution in [0, 0.1) is 0 Å². The summed E-state index contributed by atoms with van der Waals surface area (Å²) in [5.74, 6) is -0.496. The van der Waals surface area contributed by atoms with Crippen molar-refractivity contribution in [2.24, 2.45) is 0 Å². The SMILES string of the molecule is COC(=O)c1sc(Nc2cc(Br)ccc2Br)nc1Cl. The van der Waals surface area contributed by atoms with Crippen LogP contribution in [0.4, 0.5) is 10.8 Å². The van der Waals surface area contributed by atoms with Crippen molar-refractivity contribution < 1.29 is 9.53 Å². The third-order valence-electron chi connectivity index (χ3n) is 2.13. The van der Waals surface area contributed by atoms with Crippen molar-refractivity contribution in [3.8, 4) is 0 Å². The third-order valence-corrected chi connectivity index (χ3v) is 4.65. The lowest BCUT2D eigenvalue weighted by molar-refractivity contribution is 0.0606. The topological polar surface area (TPSA) is 51.2 Å². The minimum absolute atomic E-state index is 0.130. The number of carbonyl (C=O) groups excluding carboxylic acids is 1. The maximum atomic E-state index is 11.4. The van der Waals surface area contributed by atoms with Crippen molar-refractivity contribution in [1.82, 2.24) is 4.98 Å². The van der Waals surface area contributed by atoms with Gasteiger partial charge in [-0.2, -0.15) is 0 Å². The van der Waals surface area contributed by atoms with Gasteiger partial charge < -0.3 is 10.1 Å². The first-order valence-corrected chi connectivity index (χ1v) is 7.76. The quantitative estimate of drug-likeness (QED) is 0.713. The zero-order valence-corrected chi connectivity index (χ0v) is 14.3. The predicted molar refractivity (Wildman–Crippen MR) is 83.6 cm³/mol. The number of methoxy groups -OCH3 is 1. The van der Waals surface area contributed by atoms with E-state index in [0.717, 1.165) is 26.0 Å². The standard InChI is InChI=1S/C11H7Br2ClN2O2S/c1-18-10(17)8-9(14)16-11(19-8)15-7-4-5(12)2-3-6(7)13/h2-4H,1H3,(H,15,16). The Morgan fingerprint density at radius 2 is 2.21 bits per heavy atom. The van der Waals surface area contributed by atoms with Crippen LogP contribution in [-0.2, 0) is 4.74 Å². The van der Waals surface area contributed by atoms with E-state index in [9.17, 15) is 4.79 Å². The summed E-state index contributed by atoms with van der Waals surface area (Å²) >= 11 is 13.8. The van der Waals surface area contributed by atoms with Crippen LogP contribution in [0.2, 0.25) is 5.15 Å². The number of hydrogen-bond donors (Lipinski definition) is 1. The van der Waals surface area contributed by atoms with Crippen LogP contribution in [0.3, 0.4) is 0 Å². The molecule has 1 heterocycles. The number of rotatable bonds is 3. The molecule has 1 N–H and O–H groups in total. The molecule has 0 aliphatic carbocycles. The molecule has 0 saturated heterocycles. The molecule has 4 nitrogen and oxygen atoms in total. The highest BCUT2D eigenvalue weighted by atomic mass is 79.9. The summed E-state index contributed by atoms with van der Waals surface area (Å²) in [5.41, 5.74) is 0.816. The number of anilines is 2. The molecule has 100 valence electrons. The Morgan fingerprint density at radius 1 is 1.47 bits per heavy atom. The number of halogens is 3. The summed E-state index contributed by atoms with van der Waals surface area (Å²) < 4.78 is 6.43. The van der Waals surface area contributed by atoms with Crippen molar-refractivity contribution >= 4 is 71.6 Å². The molecule has 0 bridgehead atoms. The molecule has 2 rings (SSSR count). The number of nitrogens with one attached hydrogen (secondary N) is 1. The highest BCUT2D eigenvalue weighted by Gasteiger charge is 2.17. The number of esters is 1. The van der Waals surface area contributed by atoms with E-state index in [1.54, 1.807) is 0 Å². The molecule has 0 saturated carbocycles. The summed E-state index contributed by atoms with van der Waals surface area (Å²) in [6.07, 6.45) is 0. The van der Waals surface area contributed by atoms with Crippen molar-refractivity contribution in [1.29, 1.82) is 0 Å². The lowest BCUT2D eigenvalue weighted by Gasteiger charge is -2.05. The van der Waals surface area contributed by atoms with E-state index in [1.165, 1.54) is 7.11 Å². The number of aromatic nitrogens is 1. The molecule has 0 aliphatic heterocycles. The van der Waals surface area contributed by atoms with Crippen LogP contribution in [0.5, 0.6) is 0 Å². The van der Waals surface area contributed by atoms with E-state index in [4.69, 9.17) is 11.6 Å². The molecule has 1 aromatic heterocycles. The van der Waals surface area contributed by atoms with Gasteiger partial charge >= 0.3 is 5.97 Å². The van der Waals surface area contributed by atoms with Crippen LogP contribution in [0.15, 0.2) is 27.1 Å². The molecule has 19 heavy (non-hydrogen) atoms. The fourth-order valence-electron chi connectivity index (χ4n) is 1.28. The second kappa shape index (κ2) is 6.21. The van der Waals surface area contributed by atoms with E-state index >= 15 is 0 Å². The monoisotopic (exact) mass is 424 g/mol. The summed E-state index contributed by atoms with van der Waals surface area (Å²) in [5, 5.41) is 3.74. The fourth-order valence-corrected chi connectivity index (χ4v) is 3.10. The van der Waals surface area contributed by atoms with E-state index in [0.29, 0.717) is 5.13 Å². The molecule has 0 radical (unpaired) electrons. The van der Waals surface area contributed by atoms with E-state index < -0.39 is 5.97 Å². The Balaban J connectivity index is 2.29. The second-order valence-electron chi connectivity index (χ2n) is 3.38. The smallest absolute Gasteiger partial charge is 0.351 e. The van der Waals surface area contributed by atoms with Crippen LogP contribution in [0.1, 0.15) is 9.67 Å². The summed E-state index contributed by atoms with van der Waals surface area (Å²) in [7, 11) is 1.30. The first-order valence-electron chi connectivity index (χ1n) is 4.98. The van der Waals surface area contributed by atoms with Gasteiger partial charge in [-0.1, -0.05) is 38.9 Å². The van der Waals surface area contributed by atoms with Crippen molar-refractivity contribution in [2.75, 3.05) is 12.4 Å². The minimum atomic E-state index is -0.496. The number of nitrogens with zero attached hydrogens (tertiary/aromatic N) is 1. The van der Waals surface area contributed by atoms with Gasteiger partial charge in [0.15, 0.2) is 15.2 Å². The molecular formula is C11H7Br2ClN2O2S. The van der Waals surface area contributed by atoms with E-state index in [2.05, 4.69) is 46.9 Å². The van der Waals surface area contributed by atoms with Gasteiger partial charge in [-0.25, -0.2) is 9.78 Å². The van der Waals surface area contributed by atoms with Gasteiger partial charge in [0.1, 0.15) is 0 Å². The molecule has 1 aromatic carbocycles. The van der Waals surface area contributed by atoms with Crippen molar-refractivity contribution in [3.63, 3.8) is 0 Å². The molecule has 0 amide bonds. The maximum Gasteiger partial charge on any atom is 0.351 e. The second-order valence-corrected chi connectivity index (χ2v) is 6.51. The zero-order chi connectivity index (χ0) is 14.0. The molecule has 0 atom stereocenters. The number of benzene rings is 1. The zero-order valence-electron chi connectivity index (χ0n) is 9.54. The number of thiazole rings is 1. The number of hydrogen-bond acceptors (Lipinski definition) is 5. The van der Waals surface area contributed by atoms with Crippen LogP contribution >= 0.6 is 54.8 Å². The largest absolute Gasteiger partial charge is 0.465 e. The highest BCUT2D eigenvalue weighted by Crippen LogP contribution is 2.33. The maximum absolute atomic E-state index is 11.4. The Morgan fingerprint density at radius 3 is 2.89 bits per heavy atom. The van der Waals surface area contributed by atoms with E-state index in [-0.39, 0.29) is 10.0 Å². The molecule has 2 aromatic rings. The van der Waals surface area contributed by atoms with Crippen molar-refractivity contribution in [3.05, 3.63) is 37.2 Å². The number of carbonyl (C=O) groups is 1. The minimum Gasteiger partial charge on any atom is -0.465 e. The average molecular weight is 427 g/mol. The lowest BCUT2D eigenvalue weighted by Crippen LogP contribution is -1.98. The van der Waals surface area contributed by atoms with Gasteiger partial charge in [-0.3, -0.25) is 0 Å². The van der Waals surface area contributed by atoms with Gasteiger partial charge in [0.05, 0.1) is 12.8 Å². The average Bonchev–Trinajstić information content (AvgIpc) is 2.74. The molecule has 0 spiro atoms. The van der Waals surface area contributed by atoms with Crippen LogP contribution in [-0.4, -0.2) is 18.1 Å². The van der Waals surface area contributed by atoms with Gasteiger partial charge in [0, 0.05) is 8.95 Å². The normalized spacial score (nSPS) is 10.3. The molecule has 0 unspecified atom stereocenters.